The largest absolute Gasteiger partial charge is 0.494 e. The molecule has 4 heteroatoms. The Bertz CT molecular complexity index is 440. The van der Waals surface area contributed by atoms with E-state index in [2.05, 4.69) is 41.4 Å². The van der Waals surface area contributed by atoms with Gasteiger partial charge in [0.05, 0.1) is 6.61 Å². The number of piperidine rings is 1. The van der Waals surface area contributed by atoms with Gasteiger partial charge in [0.25, 0.3) is 0 Å². The molecule has 1 atom stereocenters. The summed E-state index contributed by atoms with van der Waals surface area (Å²) in [5.74, 6) is 1.95. The first kappa shape index (κ1) is 17.6. The normalized spacial score (nSPS) is 23.2. The predicted octanol–water partition coefficient (Wildman–Crippen LogP) is 3.47. The van der Waals surface area contributed by atoms with Crippen molar-refractivity contribution in [2.75, 3.05) is 26.2 Å². The van der Waals surface area contributed by atoms with E-state index in [1.807, 2.05) is 0 Å². The highest BCUT2D eigenvalue weighted by Gasteiger charge is 2.28. The minimum atomic E-state index is 0. The highest BCUT2D eigenvalue weighted by molar-refractivity contribution is 5.85. The van der Waals surface area contributed by atoms with Crippen molar-refractivity contribution in [1.82, 2.24) is 10.2 Å². The molecule has 0 bridgehead atoms. The van der Waals surface area contributed by atoms with Crippen LogP contribution in [-0.2, 0) is 6.54 Å². The SMILES string of the molecule is CCOc1ccccc1CN1CCC(C2CCCN2)CC1.Cl. The quantitative estimate of drug-likeness (QED) is 0.897. The van der Waals surface area contributed by atoms with E-state index >= 15 is 0 Å². The molecule has 3 nitrogen and oxygen atoms in total. The van der Waals surface area contributed by atoms with Crippen molar-refractivity contribution >= 4 is 12.4 Å². The van der Waals surface area contributed by atoms with Crippen LogP contribution in [0.4, 0.5) is 0 Å². The molecule has 0 spiro atoms. The number of nitrogens with one attached hydrogen (secondary N) is 1. The molecule has 1 aromatic carbocycles. The molecule has 2 saturated heterocycles. The topological polar surface area (TPSA) is 24.5 Å². The smallest absolute Gasteiger partial charge is 0.123 e. The van der Waals surface area contributed by atoms with Gasteiger partial charge >= 0.3 is 0 Å². The van der Waals surface area contributed by atoms with Crippen molar-refractivity contribution in [3.8, 4) is 5.75 Å². The van der Waals surface area contributed by atoms with E-state index in [1.54, 1.807) is 0 Å². The van der Waals surface area contributed by atoms with Crippen LogP contribution in [0.25, 0.3) is 0 Å². The maximum absolute atomic E-state index is 5.74. The second-order valence-electron chi connectivity index (χ2n) is 6.36. The molecule has 0 radical (unpaired) electrons. The molecular formula is C18H29ClN2O. The zero-order chi connectivity index (χ0) is 14.5. The van der Waals surface area contributed by atoms with Gasteiger partial charge in [0, 0.05) is 18.2 Å². The van der Waals surface area contributed by atoms with Gasteiger partial charge < -0.3 is 10.1 Å². The molecule has 2 aliphatic rings. The number of ether oxygens (including phenoxy) is 1. The minimum Gasteiger partial charge on any atom is -0.494 e. The number of para-hydroxylation sites is 1. The van der Waals surface area contributed by atoms with E-state index in [9.17, 15) is 0 Å². The zero-order valence-electron chi connectivity index (χ0n) is 13.6. The highest BCUT2D eigenvalue weighted by Crippen LogP contribution is 2.27. The molecule has 2 fully saturated rings. The standard InChI is InChI=1S/C18H28N2O.ClH/c1-2-21-18-8-4-3-6-16(18)14-20-12-9-15(10-13-20)17-7-5-11-19-17;/h3-4,6,8,15,17,19H,2,5,7,9-14H2,1H3;1H. The van der Waals surface area contributed by atoms with Crippen LogP contribution in [0, 0.1) is 5.92 Å². The molecule has 0 aromatic heterocycles. The lowest BCUT2D eigenvalue weighted by molar-refractivity contribution is 0.156. The maximum atomic E-state index is 5.74. The summed E-state index contributed by atoms with van der Waals surface area (Å²) in [4.78, 5) is 2.59. The maximum Gasteiger partial charge on any atom is 0.123 e. The number of nitrogens with zero attached hydrogens (tertiary/aromatic N) is 1. The summed E-state index contributed by atoms with van der Waals surface area (Å²) in [6.45, 7) is 7.50. The van der Waals surface area contributed by atoms with Crippen molar-refractivity contribution in [3.05, 3.63) is 29.8 Å². The molecule has 0 saturated carbocycles. The van der Waals surface area contributed by atoms with Crippen LogP contribution >= 0.6 is 12.4 Å². The van der Waals surface area contributed by atoms with Gasteiger partial charge in [-0.25, -0.2) is 0 Å². The van der Waals surface area contributed by atoms with Gasteiger partial charge in [0.1, 0.15) is 5.75 Å². The molecular weight excluding hydrogens is 296 g/mol. The lowest BCUT2D eigenvalue weighted by Crippen LogP contribution is -2.40. The first-order chi connectivity index (χ1) is 10.4. The van der Waals surface area contributed by atoms with Crippen molar-refractivity contribution < 1.29 is 4.74 Å². The summed E-state index contributed by atoms with van der Waals surface area (Å²) < 4.78 is 5.74. The lowest BCUT2D eigenvalue weighted by atomic mass is 9.88. The summed E-state index contributed by atoms with van der Waals surface area (Å²) in [6, 6.07) is 9.27. The van der Waals surface area contributed by atoms with Gasteiger partial charge in [-0.05, 0) is 64.2 Å². The Hall–Kier alpha value is -0.770. The van der Waals surface area contributed by atoms with E-state index in [4.69, 9.17) is 4.74 Å². The molecule has 1 N–H and O–H groups in total. The predicted molar refractivity (Wildman–Crippen MR) is 93.9 cm³/mol. The molecule has 22 heavy (non-hydrogen) atoms. The van der Waals surface area contributed by atoms with Gasteiger partial charge in [-0.1, -0.05) is 18.2 Å². The number of halogens is 1. The van der Waals surface area contributed by atoms with Crippen molar-refractivity contribution in [2.45, 2.75) is 45.2 Å². The Kier molecular flexibility index (Phi) is 7.00. The molecule has 2 aliphatic heterocycles. The first-order valence-electron chi connectivity index (χ1n) is 8.53. The van der Waals surface area contributed by atoms with Crippen LogP contribution in [-0.4, -0.2) is 37.2 Å². The zero-order valence-corrected chi connectivity index (χ0v) is 14.4. The Morgan fingerprint density at radius 3 is 2.64 bits per heavy atom. The van der Waals surface area contributed by atoms with Crippen LogP contribution in [0.5, 0.6) is 5.75 Å². The van der Waals surface area contributed by atoms with E-state index < -0.39 is 0 Å². The van der Waals surface area contributed by atoms with E-state index in [0.717, 1.165) is 30.9 Å². The van der Waals surface area contributed by atoms with Crippen molar-refractivity contribution in [2.24, 2.45) is 5.92 Å². The van der Waals surface area contributed by atoms with Crippen LogP contribution in [0.3, 0.4) is 0 Å². The number of benzene rings is 1. The Morgan fingerprint density at radius 2 is 1.95 bits per heavy atom. The van der Waals surface area contributed by atoms with Gasteiger partial charge in [-0.2, -0.15) is 0 Å². The monoisotopic (exact) mass is 324 g/mol. The second kappa shape index (κ2) is 8.76. The third-order valence-electron chi connectivity index (χ3n) is 4.97. The van der Waals surface area contributed by atoms with Crippen LogP contribution in [0.1, 0.15) is 38.2 Å². The first-order valence-corrected chi connectivity index (χ1v) is 8.53. The van der Waals surface area contributed by atoms with Crippen molar-refractivity contribution in [1.29, 1.82) is 0 Å². The highest BCUT2D eigenvalue weighted by atomic mass is 35.5. The molecule has 0 aliphatic carbocycles. The Morgan fingerprint density at radius 1 is 1.18 bits per heavy atom. The molecule has 3 rings (SSSR count). The van der Waals surface area contributed by atoms with Crippen molar-refractivity contribution in [3.63, 3.8) is 0 Å². The molecule has 124 valence electrons. The average molecular weight is 325 g/mol. The molecule has 2 heterocycles. The number of hydrogen-bond donors (Lipinski definition) is 1. The van der Waals surface area contributed by atoms with Gasteiger partial charge in [-0.3, -0.25) is 4.90 Å². The Labute approximate surface area is 140 Å². The fourth-order valence-corrected chi connectivity index (χ4v) is 3.80. The molecule has 1 aromatic rings. The average Bonchev–Trinajstić information content (AvgIpc) is 3.05. The van der Waals surface area contributed by atoms with Crippen LogP contribution in [0.15, 0.2) is 24.3 Å². The van der Waals surface area contributed by atoms with E-state index in [1.165, 1.54) is 50.9 Å². The van der Waals surface area contributed by atoms with Gasteiger partial charge in [0.15, 0.2) is 0 Å². The summed E-state index contributed by atoms with van der Waals surface area (Å²) in [6.07, 6.45) is 5.44. The van der Waals surface area contributed by atoms with Crippen LogP contribution < -0.4 is 10.1 Å². The van der Waals surface area contributed by atoms with Gasteiger partial charge in [-0.15, -0.1) is 12.4 Å². The summed E-state index contributed by atoms with van der Waals surface area (Å²) in [5.41, 5.74) is 1.33. The number of hydrogen-bond acceptors (Lipinski definition) is 3. The van der Waals surface area contributed by atoms with Crippen LogP contribution in [0.2, 0.25) is 0 Å². The number of rotatable bonds is 5. The summed E-state index contributed by atoms with van der Waals surface area (Å²) in [7, 11) is 0. The lowest BCUT2D eigenvalue weighted by Gasteiger charge is -2.35. The fraction of sp³-hybridized carbons (Fsp3) is 0.667. The Balaban J connectivity index is 0.00000176. The van der Waals surface area contributed by atoms with Gasteiger partial charge in [0.2, 0.25) is 0 Å². The van der Waals surface area contributed by atoms with E-state index in [0.29, 0.717) is 0 Å². The molecule has 1 unspecified atom stereocenters. The summed E-state index contributed by atoms with van der Waals surface area (Å²) in [5, 5.41) is 3.68. The number of likely N-dealkylation sites (tertiary alicyclic amines) is 1. The minimum absolute atomic E-state index is 0. The third kappa shape index (κ3) is 4.37. The fourth-order valence-electron chi connectivity index (χ4n) is 3.80. The second-order valence-corrected chi connectivity index (χ2v) is 6.36. The molecule has 0 amide bonds. The third-order valence-corrected chi connectivity index (χ3v) is 4.97. The van der Waals surface area contributed by atoms with E-state index in [-0.39, 0.29) is 12.4 Å². The summed E-state index contributed by atoms with van der Waals surface area (Å²) >= 11 is 0.